The molecule has 3 rings (SSSR count). The van der Waals surface area contributed by atoms with E-state index in [2.05, 4.69) is 10.3 Å². The van der Waals surface area contributed by atoms with Gasteiger partial charge in [-0.2, -0.15) is 4.31 Å². The summed E-state index contributed by atoms with van der Waals surface area (Å²) in [5, 5.41) is 2.75. The molecular weight excluding hydrogens is 374 g/mol. The van der Waals surface area contributed by atoms with E-state index < -0.39 is 10.0 Å². The third kappa shape index (κ3) is 4.33. The highest BCUT2D eigenvalue weighted by Gasteiger charge is 2.27. The zero-order chi connectivity index (χ0) is 18.7. The number of aromatic nitrogens is 1. The first kappa shape index (κ1) is 19.1. The summed E-state index contributed by atoms with van der Waals surface area (Å²) in [4.78, 5) is 17.0. The van der Waals surface area contributed by atoms with Gasteiger partial charge in [0, 0.05) is 18.0 Å². The molecule has 2 aromatic heterocycles. The van der Waals surface area contributed by atoms with Crippen LogP contribution in [0.4, 0.5) is 0 Å². The number of carbonyl (C=O) groups excluding carboxylic acids is 1. The summed E-state index contributed by atoms with van der Waals surface area (Å²) in [6.45, 7) is 5.04. The van der Waals surface area contributed by atoms with E-state index in [1.54, 1.807) is 16.4 Å². The van der Waals surface area contributed by atoms with Crippen LogP contribution < -0.4 is 5.32 Å². The summed E-state index contributed by atoms with van der Waals surface area (Å²) in [5.41, 5.74) is 0.806. The van der Waals surface area contributed by atoms with Gasteiger partial charge in [0.2, 0.25) is 11.8 Å². The minimum atomic E-state index is -3.44. The van der Waals surface area contributed by atoms with E-state index in [-0.39, 0.29) is 18.9 Å². The maximum Gasteiger partial charge on any atom is 0.252 e. The molecule has 1 fully saturated rings. The van der Waals surface area contributed by atoms with Gasteiger partial charge >= 0.3 is 0 Å². The van der Waals surface area contributed by atoms with E-state index in [4.69, 9.17) is 4.42 Å². The van der Waals surface area contributed by atoms with Crippen molar-refractivity contribution in [2.24, 2.45) is 0 Å². The summed E-state index contributed by atoms with van der Waals surface area (Å²) in [6.07, 6.45) is 3.02. The molecule has 0 saturated carbocycles. The van der Waals surface area contributed by atoms with Crippen LogP contribution in [0.1, 0.15) is 41.5 Å². The molecule has 2 aromatic rings. The molecule has 0 atom stereocenters. The number of amides is 1. The van der Waals surface area contributed by atoms with Crippen LogP contribution in [0.15, 0.2) is 20.8 Å². The number of nitrogens with zero attached hydrogens (tertiary/aromatic N) is 2. The van der Waals surface area contributed by atoms with Gasteiger partial charge in [-0.1, -0.05) is 6.42 Å². The fourth-order valence-corrected chi connectivity index (χ4v) is 5.86. The van der Waals surface area contributed by atoms with Gasteiger partial charge in [-0.3, -0.25) is 4.79 Å². The third-order valence-electron chi connectivity index (χ3n) is 4.39. The molecule has 1 aliphatic heterocycles. The van der Waals surface area contributed by atoms with Crippen LogP contribution in [-0.4, -0.2) is 36.7 Å². The average molecular weight is 398 g/mol. The number of rotatable bonds is 6. The lowest BCUT2D eigenvalue weighted by molar-refractivity contribution is -0.120. The van der Waals surface area contributed by atoms with E-state index in [0.29, 0.717) is 23.2 Å². The number of thiophene rings is 1. The van der Waals surface area contributed by atoms with Gasteiger partial charge < -0.3 is 9.73 Å². The lowest BCUT2D eigenvalue weighted by Gasteiger charge is -2.25. The summed E-state index contributed by atoms with van der Waals surface area (Å²) in [5.74, 6) is 1.01. The Balaban J connectivity index is 1.58. The summed E-state index contributed by atoms with van der Waals surface area (Å²) in [6, 6.07) is 3.30. The van der Waals surface area contributed by atoms with Crippen LogP contribution in [0.2, 0.25) is 0 Å². The van der Waals surface area contributed by atoms with E-state index >= 15 is 0 Å². The molecule has 1 N–H and O–H groups in total. The zero-order valence-corrected chi connectivity index (χ0v) is 16.6. The molecule has 0 spiro atoms. The molecule has 0 radical (unpaired) electrons. The molecule has 9 heteroatoms. The van der Waals surface area contributed by atoms with Crippen molar-refractivity contribution in [3.63, 3.8) is 0 Å². The van der Waals surface area contributed by atoms with Gasteiger partial charge in [-0.25, -0.2) is 13.4 Å². The largest absolute Gasteiger partial charge is 0.444 e. The Labute approximate surface area is 157 Å². The monoisotopic (exact) mass is 397 g/mol. The summed E-state index contributed by atoms with van der Waals surface area (Å²) < 4.78 is 32.6. The van der Waals surface area contributed by atoms with E-state index in [0.717, 1.165) is 46.9 Å². The molecule has 0 bridgehead atoms. The maximum absolute atomic E-state index is 12.6. The second-order valence-corrected chi connectivity index (χ2v) is 9.72. The molecule has 142 valence electrons. The number of carbonyl (C=O) groups is 1. The smallest absolute Gasteiger partial charge is 0.252 e. The van der Waals surface area contributed by atoms with Crippen LogP contribution in [-0.2, 0) is 27.8 Å². The number of aryl methyl sites for hydroxylation is 2. The lowest BCUT2D eigenvalue weighted by atomic mass is 10.2. The van der Waals surface area contributed by atoms with Gasteiger partial charge in [0.15, 0.2) is 0 Å². The molecule has 0 unspecified atom stereocenters. The first-order valence-corrected chi connectivity index (χ1v) is 10.9. The molecule has 1 amide bonds. The average Bonchev–Trinajstić information content (AvgIpc) is 3.21. The number of nitrogens with one attached hydrogen (secondary N) is 1. The lowest BCUT2D eigenvalue weighted by Crippen LogP contribution is -2.35. The molecule has 1 saturated heterocycles. The van der Waals surface area contributed by atoms with Crippen molar-refractivity contribution < 1.29 is 17.6 Å². The van der Waals surface area contributed by atoms with Crippen molar-refractivity contribution in [3.8, 4) is 0 Å². The normalized spacial score (nSPS) is 15.9. The topological polar surface area (TPSA) is 92.5 Å². The van der Waals surface area contributed by atoms with Crippen LogP contribution >= 0.6 is 11.3 Å². The number of hydrogen-bond donors (Lipinski definition) is 1. The minimum Gasteiger partial charge on any atom is -0.444 e. The number of hydrogen-bond acceptors (Lipinski definition) is 6. The van der Waals surface area contributed by atoms with Crippen LogP contribution in [0.5, 0.6) is 0 Å². The van der Waals surface area contributed by atoms with Crippen molar-refractivity contribution in [2.75, 3.05) is 13.1 Å². The standard InChI is InChI=1S/C17H23N3O4S2/c1-12-13(2)24-16(19-12)11-18-15(21)10-14-6-7-17(25-14)26(22,23)20-8-4-3-5-9-20/h6-7H,3-5,8-11H2,1-2H3,(H,18,21). The Kier molecular flexibility index (Phi) is 5.79. The van der Waals surface area contributed by atoms with Gasteiger partial charge in [0.1, 0.15) is 9.97 Å². The first-order chi connectivity index (χ1) is 12.4. The number of oxazole rings is 1. The highest BCUT2D eigenvalue weighted by Crippen LogP contribution is 2.27. The summed E-state index contributed by atoms with van der Waals surface area (Å²) in [7, 11) is -3.44. The van der Waals surface area contributed by atoms with Crippen LogP contribution in [0.25, 0.3) is 0 Å². The second kappa shape index (κ2) is 7.89. The molecule has 3 heterocycles. The Morgan fingerprint density at radius 1 is 1.27 bits per heavy atom. The molecule has 7 nitrogen and oxygen atoms in total. The molecule has 26 heavy (non-hydrogen) atoms. The third-order valence-corrected chi connectivity index (χ3v) is 7.84. The van der Waals surface area contributed by atoms with Gasteiger partial charge in [-0.05, 0) is 38.8 Å². The molecule has 0 aromatic carbocycles. The number of piperidine rings is 1. The van der Waals surface area contributed by atoms with Gasteiger partial charge in [-0.15, -0.1) is 11.3 Å². The predicted octanol–water partition coefficient (Wildman–Crippen LogP) is 2.39. The Bertz CT molecular complexity index is 860. The molecular formula is C17H23N3O4S2. The van der Waals surface area contributed by atoms with Crippen molar-refractivity contribution in [1.82, 2.24) is 14.6 Å². The van der Waals surface area contributed by atoms with Crippen molar-refractivity contribution in [1.29, 1.82) is 0 Å². The Hall–Kier alpha value is -1.71. The fraction of sp³-hybridized carbons (Fsp3) is 0.529. The SMILES string of the molecule is Cc1nc(CNC(=O)Cc2ccc(S(=O)(=O)N3CCCCC3)s2)oc1C. The highest BCUT2D eigenvalue weighted by molar-refractivity contribution is 7.91. The quantitative estimate of drug-likeness (QED) is 0.808. The fourth-order valence-electron chi connectivity index (χ4n) is 2.83. The van der Waals surface area contributed by atoms with Gasteiger partial charge in [0.05, 0.1) is 18.7 Å². The predicted molar refractivity (Wildman–Crippen MR) is 98.5 cm³/mol. The molecule has 0 aliphatic carbocycles. The maximum atomic E-state index is 12.6. The number of sulfonamides is 1. The second-order valence-electron chi connectivity index (χ2n) is 6.39. The van der Waals surface area contributed by atoms with Crippen molar-refractivity contribution in [3.05, 3.63) is 34.4 Å². The Morgan fingerprint density at radius 2 is 2.00 bits per heavy atom. The minimum absolute atomic E-state index is 0.138. The van der Waals surface area contributed by atoms with E-state index in [1.165, 1.54) is 0 Å². The van der Waals surface area contributed by atoms with Crippen LogP contribution in [0.3, 0.4) is 0 Å². The molecule has 1 aliphatic rings. The zero-order valence-electron chi connectivity index (χ0n) is 14.9. The van der Waals surface area contributed by atoms with Crippen LogP contribution in [0, 0.1) is 13.8 Å². The summed E-state index contributed by atoms with van der Waals surface area (Å²) >= 11 is 1.16. The van der Waals surface area contributed by atoms with Gasteiger partial charge in [0.25, 0.3) is 10.0 Å². The Morgan fingerprint density at radius 3 is 2.65 bits per heavy atom. The van der Waals surface area contributed by atoms with E-state index in [1.807, 2.05) is 13.8 Å². The highest BCUT2D eigenvalue weighted by atomic mass is 32.2. The van der Waals surface area contributed by atoms with Crippen molar-refractivity contribution >= 4 is 27.3 Å². The van der Waals surface area contributed by atoms with E-state index in [9.17, 15) is 13.2 Å². The first-order valence-electron chi connectivity index (χ1n) is 8.65. The van der Waals surface area contributed by atoms with Crippen molar-refractivity contribution in [2.45, 2.75) is 50.3 Å².